The highest BCUT2D eigenvalue weighted by atomic mass is 35.5. The van der Waals surface area contributed by atoms with Crippen molar-refractivity contribution in [2.45, 2.75) is 13.3 Å². The van der Waals surface area contributed by atoms with Crippen LogP contribution in [0.25, 0.3) is 16.9 Å². The molecule has 0 radical (unpaired) electrons. The Bertz CT molecular complexity index is 827. The largest absolute Gasteiger partial charge is 0.302 e. The molecule has 3 rings (SSSR count). The monoisotopic (exact) mass is 281 g/mol. The summed E-state index contributed by atoms with van der Waals surface area (Å²) < 4.78 is 1.96. The molecule has 2 heterocycles. The van der Waals surface area contributed by atoms with E-state index in [4.69, 9.17) is 16.9 Å². The number of benzene rings is 1. The van der Waals surface area contributed by atoms with Crippen molar-refractivity contribution in [1.82, 2.24) is 9.38 Å². The van der Waals surface area contributed by atoms with Crippen LogP contribution in [-0.2, 0) is 6.42 Å². The summed E-state index contributed by atoms with van der Waals surface area (Å²) in [6.45, 7) is 1.96. The molecule has 0 N–H and O–H groups in total. The van der Waals surface area contributed by atoms with Crippen molar-refractivity contribution >= 4 is 17.2 Å². The fourth-order valence-electron chi connectivity index (χ4n) is 2.31. The minimum atomic E-state index is 0.322. The highest BCUT2D eigenvalue weighted by Gasteiger charge is 2.13. The number of halogens is 1. The Morgan fingerprint density at radius 2 is 2.15 bits per heavy atom. The number of aromatic nitrogens is 2. The van der Waals surface area contributed by atoms with Crippen molar-refractivity contribution in [2.24, 2.45) is 0 Å². The predicted molar refractivity (Wildman–Crippen MR) is 79.7 cm³/mol. The lowest BCUT2D eigenvalue weighted by atomic mass is 10.1. The number of hydrogen-bond donors (Lipinski definition) is 0. The normalized spacial score (nSPS) is 10.7. The second kappa shape index (κ2) is 4.99. The molecule has 98 valence electrons. The Balaban J connectivity index is 2.27. The number of nitrogens with zero attached hydrogens (tertiary/aromatic N) is 3. The zero-order valence-electron chi connectivity index (χ0n) is 11.0. The van der Waals surface area contributed by atoms with Gasteiger partial charge in [0.15, 0.2) is 0 Å². The van der Waals surface area contributed by atoms with E-state index in [-0.39, 0.29) is 0 Å². The lowest BCUT2D eigenvalue weighted by Crippen LogP contribution is -1.93. The molecule has 0 saturated heterocycles. The number of hydrogen-bond acceptors (Lipinski definition) is 2. The second-order valence-corrected chi connectivity index (χ2v) is 5.04. The molecule has 0 atom stereocenters. The molecular weight excluding hydrogens is 270 g/mol. The van der Waals surface area contributed by atoms with Gasteiger partial charge in [-0.25, -0.2) is 4.98 Å². The summed E-state index contributed by atoms with van der Waals surface area (Å²) in [5.41, 5.74) is 4.59. The van der Waals surface area contributed by atoms with Crippen LogP contribution < -0.4 is 0 Å². The third-order valence-electron chi connectivity index (χ3n) is 3.31. The molecule has 3 aromatic rings. The molecule has 1 aromatic carbocycles. The molecule has 0 bridgehead atoms. The highest BCUT2D eigenvalue weighted by molar-refractivity contribution is 6.31. The van der Waals surface area contributed by atoms with Gasteiger partial charge in [-0.2, -0.15) is 5.26 Å². The Morgan fingerprint density at radius 1 is 1.30 bits per heavy atom. The minimum Gasteiger partial charge on any atom is -0.302 e. The van der Waals surface area contributed by atoms with Crippen LogP contribution in [0.2, 0.25) is 5.02 Å². The number of aryl methyl sites for hydroxylation is 1. The topological polar surface area (TPSA) is 41.1 Å². The summed E-state index contributed by atoms with van der Waals surface area (Å²) in [5, 5.41) is 9.79. The summed E-state index contributed by atoms with van der Waals surface area (Å²) >= 11 is 6.07. The van der Waals surface area contributed by atoms with Gasteiger partial charge in [0, 0.05) is 16.8 Å². The van der Waals surface area contributed by atoms with Gasteiger partial charge in [-0.15, -0.1) is 0 Å². The zero-order valence-corrected chi connectivity index (χ0v) is 11.7. The first-order valence-electron chi connectivity index (χ1n) is 6.30. The van der Waals surface area contributed by atoms with E-state index < -0.39 is 0 Å². The van der Waals surface area contributed by atoms with E-state index in [0.29, 0.717) is 6.42 Å². The van der Waals surface area contributed by atoms with Crippen molar-refractivity contribution in [2.75, 3.05) is 0 Å². The van der Waals surface area contributed by atoms with Crippen LogP contribution in [0.1, 0.15) is 11.3 Å². The maximum absolute atomic E-state index is 9.06. The van der Waals surface area contributed by atoms with E-state index in [1.54, 1.807) is 0 Å². The molecule has 3 nitrogen and oxygen atoms in total. The van der Waals surface area contributed by atoms with Crippen molar-refractivity contribution in [3.05, 3.63) is 58.9 Å². The maximum Gasteiger partial charge on any atom is 0.137 e. The molecule has 0 saturated carbocycles. The van der Waals surface area contributed by atoms with Crippen LogP contribution in [0.3, 0.4) is 0 Å². The minimum absolute atomic E-state index is 0.322. The fourth-order valence-corrected chi connectivity index (χ4v) is 2.43. The van der Waals surface area contributed by atoms with E-state index >= 15 is 0 Å². The Hall–Kier alpha value is -2.31. The molecular formula is C16H12ClN3. The van der Waals surface area contributed by atoms with Crippen molar-refractivity contribution < 1.29 is 0 Å². The summed E-state index contributed by atoms with van der Waals surface area (Å²) in [7, 11) is 0. The van der Waals surface area contributed by atoms with Gasteiger partial charge in [-0.3, -0.25) is 0 Å². The molecule has 2 aromatic heterocycles. The Kier molecular flexibility index (Phi) is 3.17. The zero-order chi connectivity index (χ0) is 14.1. The molecule has 20 heavy (non-hydrogen) atoms. The first kappa shape index (κ1) is 12.7. The number of nitriles is 1. The number of pyridine rings is 1. The Labute approximate surface area is 122 Å². The van der Waals surface area contributed by atoms with E-state index in [9.17, 15) is 0 Å². The van der Waals surface area contributed by atoms with Gasteiger partial charge in [0.25, 0.3) is 0 Å². The smallest absolute Gasteiger partial charge is 0.137 e. The maximum atomic E-state index is 9.06. The van der Waals surface area contributed by atoms with E-state index in [1.807, 2.05) is 53.9 Å². The van der Waals surface area contributed by atoms with Crippen LogP contribution in [0.15, 0.2) is 42.6 Å². The summed E-state index contributed by atoms with van der Waals surface area (Å²) in [6.07, 6.45) is 2.25. The van der Waals surface area contributed by atoms with Crippen molar-refractivity contribution in [3.63, 3.8) is 0 Å². The Morgan fingerprint density at radius 3 is 2.90 bits per heavy atom. The third-order valence-corrected chi connectivity index (χ3v) is 3.73. The lowest BCUT2D eigenvalue weighted by molar-refractivity contribution is 1.06. The van der Waals surface area contributed by atoms with Crippen molar-refractivity contribution in [3.8, 4) is 17.3 Å². The van der Waals surface area contributed by atoms with Gasteiger partial charge >= 0.3 is 0 Å². The summed E-state index contributed by atoms with van der Waals surface area (Å²) in [6, 6.07) is 13.8. The first-order chi connectivity index (χ1) is 9.70. The molecule has 0 unspecified atom stereocenters. The van der Waals surface area contributed by atoms with Crippen LogP contribution in [-0.4, -0.2) is 9.38 Å². The van der Waals surface area contributed by atoms with E-state index in [2.05, 4.69) is 11.1 Å². The molecule has 4 heteroatoms. The van der Waals surface area contributed by atoms with Crippen LogP contribution in [0, 0.1) is 18.3 Å². The van der Waals surface area contributed by atoms with Gasteiger partial charge in [0.2, 0.25) is 0 Å². The molecule has 0 aliphatic carbocycles. The van der Waals surface area contributed by atoms with Gasteiger partial charge in [-0.05, 0) is 36.8 Å². The summed E-state index contributed by atoms with van der Waals surface area (Å²) in [5.74, 6) is 0. The molecule has 0 amide bonds. The lowest BCUT2D eigenvalue weighted by Gasteiger charge is -2.04. The summed E-state index contributed by atoms with van der Waals surface area (Å²) in [4.78, 5) is 4.64. The van der Waals surface area contributed by atoms with Gasteiger partial charge in [-0.1, -0.05) is 23.7 Å². The van der Waals surface area contributed by atoms with E-state index in [0.717, 1.165) is 33.2 Å². The number of rotatable bonds is 2. The average molecular weight is 282 g/mol. The number of imidazole rings is 1. The first-order valence-corrected chi connectivity index (χ1v) is 6.68. The SMILES string of the molecule is Cc1cc(-c2nc3ccccn3c2CC#N)ccc1Cl. The van der Waals surface area contributed by atoms with Crippen LogP contribution >= 0.6 is 11.6 Å². The molecule has 0 aliphatic rings. The van der Waals surface area contributed by atoms with Crippen molar-refractivity contribution in [1.29, 1.82) is 5.26 Å². The van der Waals surface area contributed by atoms with E-state index in [1.165, 1.54) is 0 Å². The van der Waals surface area contributed by atoms with Crippen LogP contribution in [0.4, 0.5) is 0 Å². The predicted octanol–water partition coefficient (Wildman–Crippen LogP) is 4.03. The molecule has 0 spiro atoms. The van der Waals surface area contributed by atoms with Gasteiger partial charge < -0.3 is 4.40 Å². The number of fused-ring (bicyclic) bond motifs is 1. The second-order valence-electron chi connectivity index (χ2n) is 4.63. The average Bonchev–Trinajstić information content (AvgIpc) is 2.82. The van der Waals surface area contributed by atoms with Crippen LogP contribution in [0.5, 0.6) is 0 Å². The molecule has 0 fully saturated rings. The highest BCUT2D eigenvalue weighted by Crippen LogP contribution is 2.28. The van der Waals surface area contributed by atoms with Gasteiger partial charge in [0.1, 0.15) is 5.65 Å². The molecule has 0 aliphatic heterocycles. The fraction of sp³-hybridized carbons (Fsp3) is 0.125. The quantitative estimate of drug-likeness (QED) is 0.711. The third kappa shape index (κ3) is 2.04. The van der Waals surface area contributed by atoms with Gasteiger partial charge in [0.05, 0.1) is 23.9 Å². The standard InChI is InChI=1S/C16H12ClN3/c1-11-10-12(5-6-13(11)17)16-14(7-8-18)20-9-3-2-4-15(20)19-16/h2-6,9-10H,7H2,1H3.